The number of nitro benzene ring substituents is 1. The highest BCUT2D eigenvalue weighted by Gasteiger charge is 2.26. The SMILES string of the molecule is C=S(=O)(NC(C)(C)C)c1cc(NC(=O)Oc2ccc([N+](=O)[O-])cc2)ccc1-c1cnc(N2CCC(OC(N)=O)CC2)s1.CC. The molecule has 0 saturated carbocycles. The first-order chi connectivity index (χ1) is 20.7. The Morgan fingerprint density at radius 3 is 2.36 bits per heavy atom. The molecule has 15 heteroatoms. The van der Waals surface area contributed by atoms with Crippen LogP contribution in [0.2, 0.25) is 0 Å². The number of non-ortho nitro benzene ring substituents is 1. The maximum absolute atomic E-state index is 13.9. The van der Waals surface area contributed by atoms with E-state index in [4.69, 9.17) is 15.2 Å². The first kappa shape index (κ1) is 34.3. The van der Waals surface area contributed by atoms with Crippen molar-refractivity contribution in [3.63, 3.8) is 0 Å². The van der Waals surface area contributed by atoms with Crippen LogP contribution in [0.1, 0.15) is 47.5 Å². The number of anilines is 2. The maximum atomic E-state index is 13.9. The molecule has 0 spiro atoms. The first-order valence-electron chi connectivity index (χ1n) is 13.9. The van der Waals surface area contributed by atoms with E-state index in [0.717, 1.165) is 10.0 Å². The molecule has 1 unspecified atom stereocenters. The van der Waals surface area contributed by atoms with Gasteiger partial charge in [0.15, 0.2) is 5.13 Å². The van der Waals surface area contributed by atoms with Crippen molar-refractivity contribution in [1.29, 1.82) is 0 Å². The van der Waals surface area contributed by atoms with E-state index in [2.05, 4.69) is 25.8 Å². The Labute approximate surface area is 261 Å². The number of aromatic nitrogens is 1. The van der Waals surface area contributed by atoms with Crippen molar-refractivity contribution < 1.29 is 28.2 Å². The number of thiazole rings is 1. The topological polar surface area (TPSA) is 179 Å². The zero-order valence-electron chi connectivity index (χ0n) is 25.3. The van der Waals surface area contributed by atoms with E-state index >= 15 is 0 Å². The third-order valence-electron chi connectivity index (χ3n) is 6.07. The zero-order chi connectivity index (χ0) is 32.7. The van der Waals surface area contributed by atoms with Gasteiger partial charge in [-0.2, -0.15) is 0 Å². The standard InChI is InChI=1S/C27H32N6O7S2.C2H6/c1-27(2,3)31-42(4,38)23-15-17(30-26(35)40-19-8-6-18(7-9-19)33(36)37)5-10-21(23)22-16-29-25(41-22)32-13-11-20(12-14-32)39-24(28)34;1-2/h5-10,15-16,20H,4,11-14H2,1-3H3,(H2,28,34)(H,30,35)(H,31,38);1-2H3. The summed E-state index contributed by atoms with van der Waals surface area (Å²) in [5, 5.41) is 14.2. The molecule has 2 amide bonds. The number of nitrogens with two attached hydrogens (primary N) is 1. The molecule has 3 aromatic rings. The van der Waals surface area contributed by atoms with Gasteiger partial charge in [-0.05, 0) is 50.9 Å². The van der Waals surface area contributed by atoms with Gasteiger partial charge in [0, 0.05) is 61.1 Å². The summed E-state index contributed by atoms with van der Waals surface area (Å²) in [6, 6.07) is 10.0. The third kappa shape index (κ3) is 9.39. The lowest BCUT2D eigenvalue weighted by molar-refractivity contribution is -0.384. The second-order valence-corrected chi connectivity index (χ2v) is 13.6. The van der Waals surface area contributed by atoms with Crippen molar-refractivity contribution in [1.82, 2.24) is 9.71 Å². The van der Waals surface area contributed by atoms with E-state index in [9.17, 15) is 23.9 Å². The lowest BCUT2D eigenvalue weighted by Gasteiger charge is -2.30. The van der Waals surface area contributed by atoms with E-state index in [1.807, 2.05) is 34.6 Å². The molecular formula is C29H38N6O7S2. The zero-order valence-corrected chi connectivity index (χ0v) is 27.0. The number of benzene rings is 2. The summed E-state index contributed by atoms with van der Waals surface area (Å²) in [5.41, 5.74) is 5.42. The molecule has 1 aliphatic heterocycles. The van der Waals surface area contributed by atoms with Crippen molar-refractivity contribution in [3.8, 4) is 16.2 Å². The quantitative estimate of drug-likeness (QED) is 0.155. The molecule has 2 heterocycles. The fraction of sp³-hybridized carbons (Fsp3) is 0.379. The molecule has 1 atom stereocenters. The Morgan fingerprint density at radius 1 is 1.16 bits per heavy atom. The van der Waals surface area contributed by atoms with Crippen molar-refractivity contribution in [2.45, 2.75) is 64.0 Å². The highest BCUT2D eigenvalue weighted by atomic mass is 32.2. The summed E-state index contributed by atoms with van der Waals surface area (Å²) in [7, 11) is -3.06. The van der Waals surface area contributed by atoms with Gasteiger partial charge in [-0.3, -0.25) is 15.4 Å². The van der Waals surface area contributed by atoms with Crippen LogP contribution >= 0.6 is 11.3 Å². The number of amides is 2. The average Bonchev–Trinajstić information content (AvgIpc) is 3.43. The van der Waals surface area contributed by atoms with Crippen LogP contribution < -0.4 is 25.4 Å². The minimum Gasteiger partial charge on any atom is -0.446 e. The third-order valence-corrected chi connectivity index (χ3v) is 9.15. The molecule has 44 heavy (non-hydrogen) atoms. The summed E-state index contributed by atoms with van der Waals surface area (Å²) in [6.07, 6.45) is 1.12. The van der Waals surface area contributed by atoms with Crippen molar-refractivity contribution in [2.75, 3.05) is 23.3 Å². The monoisotopic (exact) mass is 646 g/mol. The Balaban J connectivity index is 0.00000259. The molecular weight excluding hydrogens is 608 g/mol. The smallest absolute Gasteiger partial charge is 0.417 e. The number of piperidine rings is 1. The van der Waals surface area contributed by atoms with Gasteiger partial charge in [0.25, 0.3) is 5.69 Å². The summed E-state index contributed by atoms with van der Waals surface area (Å²) in [4.78, 5) is 41.8. The Kier molecular flexibility index (Phi) is 11.3. The van der Waals surface area contributed by atoms with Crippen LogP contribution in [0.5, 0.6) is 5.75 Å². The molecule has 0 aliphatic carbocycles. The molecule has 1 fully saturated rings. The van der Waals surface area contributed by atoms with E-state index < -0.39 is 32.4 Å². The number of hydrogen-bond acceptors (Lipinski definition) is 10. The van der Waals surface area contributed by atoms with E-state index in [0.29, 0.717) is 42.1 Å². The predicted octanol–water partition coefficient (Wildman–Crippen LogP) is 5.80. The van der Waals surface area contributed by atoms with Crippen molar-refractivity contribution in [3.05, 3.63) is 58.8 Å². The minimum atomic E-state index is -3.06. The van der Waals surface area contributed by atoms with Gasteiger partial charge < -0.3 is 20.1 Å². The largest absolute Gasteiger partial charge is 0.446 e. The van der Waals surface area contributed by atoms with E-state index in [1.165, 1.54) is 35.6 Å². The number of nitrogens with zero attached hydrogens (tertiary/aromatic N) is 3. The van der Waals surface area contributed by atoms with Crippen molar-refractivity contribution >= 4 is 55.6 Å². The summed E-state index contributed by atoms with van der Waals surface area (Å²) >= 11 is 1.42. The number of hydrogen-bond donors (Lipinski definition) is 3. The van der Waals surface area contributed by atoms with Crippen LogP contribution in [0.4, 0.5) is 26.1 Å². The van der Waals surface area contributed by atoms with E-state index in [1.54, 1.807) is 24.4 Å². The molecule has 4 rings (SSSR count). The molecule has 4 N–H and O–H groups in total. The van der Waals surface area contributed by atoms with Gasteiger partial charge in [-0.25, -0.2) is 23.5 Å². The molecule has 1 aromatic heterocycles. The molecule has 13 nitrogen and oxygen atoms in total. The summed E-state index contributed by atoms with van der Waals surface area (Å²) in [6.45, 7) is 10.9. The molecule has 1 saturated heterocycles. The second kappa shape index (κ2) is 14.5. The average molecular weight is 647 g/mol. The highest BCUT2D eigenvalue weighted by Crippen LogP contribution is 2.37. The molecule has 0 radical (unpaired) electrons. The van der Waals surface area contributed by atoms with Crippen LogP contribution in [0.3, 0.4) is 0 Å². The number of ether oxygens (including phenoxy) is 2. The number of carbonyl (C=O) groups excluding carboxylic acids is 2. The number of carbonyl (C=O) groups is 2. The van der Waals surface area contributed by atoms with Gasteiger partial charge in [0.2, 0.25) is 0 Å². The Morgan fingerprint density at radius 2 is 1.80 bits per heavy atom. The van der Waals surface area contributed by atoms with Gasteiger partial charge in [-0.15, -0.1) is 0 Å². The van der Waals surface area contributed by atoms with Crippen LogP contribution in [0, 0.1) is 10.1 Å². The highest BCUT2D eigenvalue weighted by molar-refractivity contribution is 7.98. The number of nitro groups is 1. The van der Waals surface area contributed by atoms with Crippen LogP contribution in [0.15, 0.2) is 53.6 Å². The Hall–Kier alpha value is -4.21. The minimum absolute atomic E-state index is 0.118. The van der Waals surface area contributed by atoms with Gasteiger partial charge >= 0.3 is 12.2 Å². The van der Waals surface area contributed by atoms with Gasteiger partial charge in [0.05, 0.1) is 24.4 Å². The van der Waals surface area contributed by atoms with Crippen LogP contribution in [0.25, 0.3) is 10.4 Å². The summed E-state index contributed by atoms with van der Waals surface area (Å²) in [5.74, 6) is 4.11. The molecule has 238 valence electrons. The number of rotatable bonds is 8. The molecule has 2 aromatic carbocycles. The lowest BCUT2D eigenvalue weighted by atomic mass is 10.1. The normalized spacial score (nSPS) is 14.9. The number of primary amides is 1. The first-order valence-corrected chi connectivity index (χ1v) is 16.5. The fourth-order valence-electron chi connectivity index (χ4n) is 4.38. The van der Waals surface area contributed by atoms with Gasteiger partial charge in [0.1, 0.15) is 11.9 Å². The predicted molar refractivity (Wildman–Crippen MR) is 174 cm³/mol. The van der Waals surface area contributed by atoms with Crippen LogP contribution in [-0.2, 0) is 14.4 Å². The van der Waals surface area contributed by atoms with Crippen LogP contribution in [-0.4, -0.2) is 56.9 Å². The van der Waals surface area contributed by atoms with Crippen molar-refractivity contribution in [2.24, 2.45) is 5.73 Å². The van der Waals surface area contributed by atoms with Gasteiger partial charge in [-0.1, -0.05) is 31.3 Å². The molecule has 0 bridgehead atoms. The molecule has 1 aliphatic rings. The summed E-state index contributed by atoms with van der Waals surface area (Å²) < 4.78 is 27.4. The second-order valence-electron chi connectivity index (χ2n) is 10.6. The number of nitrogens with one attached hydrogen (secondary N) is 2. The fourth-order valence-corrected chi connectivity index (χ4v) is 7.40. The lowest BCUT2D eigenvalue weighted by Crippen LogP contribution is -2.40. The maximum Gasteiger partial charge on any atom is 0.417 e. The van der Waals surface area contributed by atoms with E-state index in [-0.39, 0.29) is 17.5 Å². The Bertz CT molecular complexity index is 1580.